The molecule has 2 amide bonds. The normalized spacial score (nSPS) is 15.5. The average Bonchev–Trinajstić information content (AvgIpc) is 3.38. The van der Waals surface area contributed by atoms with E-state index in [0.29, 0.717) is 21.4 Å². The molecule has 4 rings (SSSR count). The lowest BCUT2D eigenvalue weighted by atomic mass is 10.1. The molecular weight excluding hydrogens is 445 g/mol. The molecule has 170 valence electrons. The third-order valence-electron chi connectivity index (χ3n) is 5.29. The number of hydrogen-bond acceptors (Lipinski definition) is 6. The minimum absolute atomic E-state index is 0.0500. The van der Waals surface area contributed by atoms with E-state index in [2.05, 4.69) is 4.98 Å². The minimum Gasteiger partial charge on any atom is -0.462 e. The molecule has 1 aliphatic rings. The van der Waals surface area contributed by atoms with E-state index in [1.54, 1.807) is 50.2 Å². The molecule has 1 saturated heterocycles. The van der Waals surface area contributed by atoms with Gasteiger partial charge >= 0.3 is 5.97 Å². The summed E-state index contributed by atoms with van der Waals surface area (Å²) < 4.78 is 19.4. The maximum atomic E-state index is 14.3. The van der Waals surface area contributed by atoms with Crippen LogP contribution in [0.25, 0.3) is 0 Å². The Morgan fingerprint density at radius 3 is 2.58 bits per heavy atom. The molecule has 2 aromatic carbocycles. The van der Waals surface area contributed by atoms with Crippen molar-refractivity contribution in [1.29, 1.82) is 0 Å². The van der Waals surface area contributed by atoms with Gasteiger partial charge in [0, 0.05) is 13.0 Å². The molecule has 1 unspecified atom stereocenters. The number of thiazole rings is 1. The number of anilines is 3. The van der Waals surface area contributed by atoms with Crippen LogP contribution >= 0.6 is 11.3 Å². The van der Waals surface area contributed by atoms with Crippen molar-refractivity contribution in [2.24, 2.45) is 5.92 Å². The van der Waals surface area contributed by atoms with Gasteiger partial charge in [-0.15, -0.1) is 0 Å². The van der Waals surface area contributed by atoms with Crippen LogP contribution in [0.15, 0.2) is 54.6 Å². The van der Waals surface area contributed by atoms with E-state index in [-0.39, 0.29) is 37.1 Å². The standard InChI is InChI=1S/C24H22FN3O4S/c1-3-32-23(31)21-15(2)26-24(33-21)28(17-9-5-4-6-10-17)22(30)16-13-20(29)27(14-16)19-12-8-7-11-18(19)25/h4-12,16H,3,13-14H2,1-2H3. The highest BCUT2D eigenvalue weighted by atomic mass is 32.1. The van der Waals surface area contributed by atoms with Crippen LogP contribution in [0.1, 0.15) is 28.7 Å². The van der Waals surface area contributed by atoms with Gasteiger partial charge in [0.2, 0.25) is 11.8 Å². The number of esters is 1. The highest BCUT2D eigenvalue weighted by Crippen LogP contribution is 2.36. The first-order chi connectivity index (χ1) is 15.9. The number of carbonyl (C=O) groups is 3. The molecule has 1 aromatic heterocycles. The molecule has 1 aliphatic heterocycles. The maximum absolute atomic E-state index is 14.3. The number of para-hydroxylation sites is 2. The Bertz CT molecular complexity index is 1200. The fourth-order valence-electron chi connectivity index (χ4n) is 3.73. The number of amides is 2. The van der Waals surface area contributed by atoms with Crippen LogP contribution < -0.4 is 9.80 Å². The highest BCUT2D eigenvalue weighted by Gasteiger charge is 2.40. The fraction of sp³-hybridized carbons (Fsp3) is 0.250. The van der Waals surface area contributed by atoms with E-state index in [9.17, 15) is 18.8 Å². The van der Waals surface area contributed by atoms with E-state index < -0.39 is 17.7 Å². The first-order valence-corrected chi connectivity index (χ1v) is 11.3. The highest BCUT2D eigenvalue weighted by molar-refractivity contribution is 7.17. The Balaban J connectivity index is 1.67. The van der Waals surface area contributed by atoms with Gasteiger partial charge in [0.1, 0.15) is 10.7 Å². The van der Waals surface area contributed by atoms with E-state index >= 15 is 0 Å². The third kappa shape index (κ3) is 4.49. The van der Waals surface area contributed by atoms with Crippen LogP contribution in [0.2, 0.25) is 0 Å². The molecule has 7 nitrogen and oxygen atoms in total. The number of rotatable bonds is 6. The van der Waals surface area contributed by atoms with Crippen molar-refractivity contribution < 1.29 is 23.5 Å². The summed E-state index contributed by atoms with van der Waals surface area (Å²) in [4.78, 5) is 46.1. The summed E-state index contributed by atoms with van der Waals surface area (Å²) in [7, 11) is 0. The number of ether oxygens (including phenoxy) is 1. The molecule has 1 fully saturated rings. The van der Waals surface area contributed by atoms with Crippen LogP contribution in [0.5, 0.6) is 0 Å². The molecule has 3 aromatic rings. The largest absolute Gasteiger partial charge is 0.462 e. The van der Waals surface area contributed by atoms with Crippen molar-refractivity contribution in [2.45, 2.75) is 20.3 Å². The first-order valence-electron chi connectivity index (χ1n) is 10.5. The van der Waals surface area contributed by atoms with Crippen LogP contribution in [0.4, 0.5) is 20.9 Å². The van der Waals surface area contributed by atoms with Gasteiger partial charge in [-0.3, -0.25) is 14.5 Å². The summed E-state index contributed by atoms with van der Waals surface area (Å²) in [6.07, 6.45) is -0.0500. The van der Waals surface area contributed by atoms with Crippen molar-refractivity contribution in [3.05, 3.63) is 71.0 Å². The molecule has 0 saturated carbocycles. The quantitative estimate of drug-likeness (QED) is 0.499. The van der Waals surface area contributed by atoms with Gasteiger partial charge in [-0.25, -0.2) is 14.2 Å². The molecular formula is C24H22FN3O4S. The van der Waals surface area contributed by atoms with Crippen LogP contribution in [0, 0.1) is 18.7 Å². The number of halogens is 1. The van der Waals surface area contributed by atoms with E-state index in [1.807, 2.05) is 6.07 Å². The Labute approximate surface area is 194 Å². The number of carbonyl (C=O) groups excluding carboxylic acids is 3. The second-order valence-corrected chi connectivity index (χ2v) is 8.47. The van der Waals surface area contributed by atoms with Crippen molar-refractivity contribution in [1.82, 2.24) is 4.98 Å². The van der Waals surface area contributed by atoms with Gasteiger partial charge in [-0.1, -0.05) is 41.7 Å². The van der Waals surface area contributed by atoms with Crippen molar-refractivity contribution in [3.63, 3.8) is 0 Å². The summed E-state index contributed by atoms with van der Waals surface area (Å²) in [6.45, 7) is 3.67. The molecule has 0 bridgehead atoms. The molecule has 0 radical (unpaired) electrons. The Hall–Kier alpha value is -3.59. The minimum atomic E-state index is -0.701. The second kappa shape index (κ2) is 9.50. The smallest absolute Gasteiger partial charge is 0.350 e. The number of benzene rings is 2. The molecule has 33 heavy (non-hydrogen) atoms. The topological polar surface area (TPSA) is 79.8 Å². The lowest BCUT2D eigenvalue weighted by Gasteiger charge is -2.23. The van der Waals surface area contributed by atoms with Crippen molar-refractivity contribution in [2.75, 3.05) is 23.0 Å². The lowest BCUT2D eigenvalue weighted by Crippen LogP contribution is -2.34. The Morgan fingerprint density at radius 1 is 1.18 bits per heavy atom. The van der Waals surface area contributed by atoms with Crippen LogP contribution in [-0.4, -0.2) is 35.9 Å². The number of hydrogen-bond donors (Lipinski definition) is 0. The lowest BCUT2D eigenvalue weighted by molar-refractivity contribution is -0.123. The molecule has 0 aliphatic carbocycles. The first kappa shape index (κ1) is 22.6. The summed E-state index contributed by atoms with van der Waals surface area (Å²) in [5.74, 6) is -2.39. The number of aromatic nitrogens is 1. The maximum Gasteiger partial charge on any atom is 0.350 e. The molecule has 2 heterocycles. The van der Waals surface area contributed by atoms with Gasteiger partial charge in [0.25, 0.3) is 0 Å². The molecule has 1 atom stereocenters. The summed E-state index contributed by atoms with van der Waals surface area (Å²) in [5, 5.41) is 0.309. The fourth-order valence-corrected chi connectivity index (χ4v) is 4.72. The molecule has 0 N–H and O–H groups in total. The van der Waals surface area contributed by atoms with Gasteiger partial charge in [0.15, 0.2) is 5.13 Å². The zero-order valence-electron chi connectivity index (χ0n) is 18.2. The summed E-state index contributed by atoms with van der Waals surface area (Å²) >= 11 is 1.06. The van der Waals surface area contributed by atoms with Crippen LogP contribution in [0.3, 0.4) is 0 Å². The van der Waals surface area contributed by atoms with Crippen molar-refractivity contribution >= 4 is 45.6 Å². The molecule has 0 spiro atoms. The van der Waals surface area contributed by atoms with E-state index in [0.717, 1.165) is 11.3 Å². The second-order valence-electron chi connectivity index (χ2n) is 7.50. The van der Waals surface area contributed by atoms with Gasteiger partial charge in [0.05, 0.1) is 29.6 Å². The predicted molar refractivity (Wildman–Crippen MR) is 123 cm³/mol. The van der Waals surface area contributed by atoms with Gasteiger partial charge < -0.3 is 9.64 Å². The van der Waals surface area contributed by atoms with Crippen LogP contribution in [-0.2, 0) is 14.3 Å². The predicted octanol–water partition coefficient (Wildman–Crippen LogP) is 4.49. The zero-order chi connectivity index (χ0) is 23.5. The van der Waals surface area contributed by atoms with E-state index in [4.69, 9.17) is 4.74 Å². The average molecular weight is 468 g/mol. The van der Waals surface area contributed by atoms with E-state index in [1.165, 1.54) is 21.9 Å². The van der Waals surface area contributed by atoms with Gasteiger partial charge in [-0.2, -0.15) is 0 Å². The number of aryl methyl sites for hydroxylation is 1. The Kier molecular flexibility index (Phi) is 6.50. The number of nitrogens with zero attached hydrogens (tertiary/aromatic N) is 3. The SMILES string of the molecule is CCOC(=O)c1sc(N(C(=O)C2CC(=O)N(c3ccccc3F)C2)c2ccccc2)nc1C. The van der Waals surface area contributed by atoms with Crippen molar-refractivity contribution in [3.8, 4) is 0 Å². The molecule has 9 heteroatoms. The zero-order valence-corrected chi connectivity index (χ0v) is 19.0. The van der Waals surface area contributed by atoms with Gasteiger partial charge in [-0.05, 0) is 38.1 Å². The summed E-state index contributed by atoms with van der Waals surface area (Å²) in [5.41, 5.74) is 1.17. The monoisotopic (exact) mass is 467 g/mol. The summed E-state index contributed by atoms with van der Waals surface area (Å²) in [6, 6.07) is 14.9. The third-order valence-corrected chi connectivity index (χ3v) is 6.41. The Morgan fingerprint density at radius 2 is 1.88 bits per heavy atom.